The van der Waals surface area contributed by atoms with Gasteiger partial charge in [0, 0.05) is 23.3 Å². The van der Waals surface area contributed by atoms with Gasteiger partial charge >= 0.3 is 0 Å². The largest absolute Gasteiger partial charge is 0.491 e. The number of carbonyl (C=O) groups is 2. The molecule has 0 bridgehead atoms. The summed E-state index contributed by atoms with van der Waals surface area (Å²) >= 11 is 1.46. The van der Waals surface area contributed by atoms with Gasteiger partial charge < -0.3 is 10.1 Å². The van der Waals surface area contributed by atoms with E-state index in [4.69, 9.17) is 4.74 Å². The minimum Gasteiger partial charge on any atom is -0.491 e. The lowest BCUT2D eigenvalue weighted by Gasteiger charge is -2.12. The Morgan fingerprint density at radius 2 is 1.68 bits per heavy atom. The number of ketones is 1. The summed E-state index contributed by atoms with van der Waals surface area (Å²) in [5.41, 5.74) is 2.11. The molecule has 28 heavy (non-hydrogen) atoms. The van der Waals surface area contributed by atoms with Gasteiger partial charge in [0.25, 0.3) is 0 Å². The topological polar surface area (TPSA) is 55.4 Å². The van der Waals surface area contributed by atoms with E-state index in [1.165, 1.54) is 11.3 Å². The van der Waals surface area contributed by atoms with Crippen molar-refractivity contribution in [3.8, 4) is 16.9 Å². The van der Waals surface area contributed by atoms with Gasteiger partial charge in [-0.15, -0.1) is 11.3 Å². The molecule has 3 rings (SSSR count). The minimum absolute atomic E-state index is 0.0151. The smallest absolute Gasteiger partial charge is 0.220 e. The van der Waals surface area contributed by atoms with Crippen molar-refractivity contribution in [2.75, 3.05) is 13.2 Å². The van der Waals surface area contributed by atoms with E-state index in [-0.39, 0.29) is 24.5 Å². The molecule has 3 aromatic rings. The van der Waals surface area contributed by atoms with Crippen molar-refractivity contribution < 1.29 is 14.3 Å². The molecule has 1 heterocycles. The lowest BCUT2D eigenvalue weighted by atomic mass is 10.1. The molecule has 0 saturated heterocycles. The van der Waals surface area contributed by atoms with Crippen LogP contribution in [0.3, 0.4) is 0 Å². The maximum atomic E-state index is 12.1. The van der Waals surface area contributed by atoms with Crippen LogP contribution in [0.5, 0.6) is 5.75 Å². The van der Waals surface area contributed by atoms with Gasteiger partial charge in [-0.25, -0.2) is 0 Å². The molecule has 4 nitrogen and oxygen atoms in total. The van der Waals surface area contributed by atoms with E-state index >= 15 is 0 Å². The SMILES string of the molecule is Cc1ccc(C(=O)CCC(=O)NCCOc2ccccc2-c2ccccc2)s1. The molecule has 2 aromatic carbocycles. The summed E-state index contributed by atoms with van der Waals surface area (Å²) in [6.45, 7) is 2.73. The maximum absolute atomic E-state index is 12.1. The first kappa shape index (κ1) is 19.8. The molecule has 0 radical (unpaired) electrons. The van der Waals surface area contributed by atoms with Gasteiger partial charge in [0.05, 0.1) is 11.4 Å². The van der Waals surface area contributed by atoms with Crippen LogP contribution >= 0.6 is 11.3 Å². The van der Waals surface area contributed by atoms with Crippen molar-refractivity contribution in [1.82, 2.24) is 5.32 Å². The van der Waals surface area contributed by atoms with Gasteiger partial charge in [-0.3, -0.25) is 9.59 Å². The first-order chi connectivity index (χ1) is 13.6. The Bertz CT molecular complexity index is 934. The van der Waals surface area contributed by atoms with Gasteiger partial charge in [0.15, 0.2) is 5.78 Å². The van der Waals surface area contributed by atoms with Gasteiger partial charge in [-0.2, -0.15) is 0 Å². The molecule has 0 aliphatic carbocycles. The van der Waals surface area contributed by atoms with Gasteiger partial charge in [0.2, 0.25) is 5.91 Å². The zero-order valence-electron chi connectivity index (χ0n) is 15.8. The highest BCUT2D eigenvalue weighted by atomic mass is 32.1. The number of para-hydroxylation sites is 1. The van der Waals surface area contributed by atoms with Crippen molar-refractivity contribution in [2.24, 2.45) is 0 Å². The molecular weight excluding hydrogens is 370 g/mol. The lowest BCUT2D eigenvalue weighted by Crippen LogP contribution is -2.28. The summed E-state index contributed by atoms with van der Waals surface area (Å²) in [5, 5.41) is 2.81. The zero-order valence-corrected chi connectivity index (χ0v) is 16.6. The third kappa shape index (κ3) is 5.54. The number of hydrogen-bond acceptors (Lipinski definition) is 4. The van der Waals surface area contributed by atoms with E-state index in [2.05, 4.69) is 5.32 Å². The first-order valence-electron chi connectivity index (χ1n) is 9.27. The third-order valence-corrected chi connectivity index (χ3v) is 5.29. The van der Waals surface area contributed by atoms with Crippen LogP contribution in [0.2, 0.25) is 0 Å². The number of aryl methyl sites for hydroxylation is 1. The highest BCUT2D eigenvalue weighted by molar-refractivity contribution is 7.14. The number of nitrogens with one attached hydrogen (secondary N) is 1. The average molecular weight is 394 g/mol. The number of thiophene rings is 1. The van der Waals surface area contributed by atoms with Crippen LogP contribution < -0.4 is 10.1 Å². The highest BCUT2D eigenvalue weighted by Gasteiger charge is 2.11. The van der Waals surface area contributed by atoms with E-state index < -0.39 is 0 Å². The molecule has 0 aliphatic heterocycles. The number of ether oxygens (including phenoxy) is 1. The average Bonchev–Trinajstić information content (AvgIpc) is 3.17. The molecule has 5 heteroatoms. The summed E-state index contributed by atoms with van der Waals surface area (Å²) in [4.78, 5) is 25.8. The van der Waals surface area contributed by atoms with E-state index in [1.54, 1.807) is 0 Å². The molecule has 0 spiro atoms. The molecule has 0 aliphatic rings. The summed E-state index contributed by atoms with van der Waals surface area (Å²) < 4.78 is 5.86. The lowest BCUT2D eigenvalue weighted by molar-refractivity contribution is -0.121. The Balaban J connectivity index is 1.42. The van der Waals surface area contributed by atoms with Crippen molar-refractivity contribution in [1.29, 1.82) is 0 Å². The maximum Gasteiger partial charge on any atom is 0.220 e. The van der Waals surface area contributed by atoms with Crippen LogP contribution in [-0.2, 0) is 4.79 Å². The number of hydrogen-bond donors (Lipinski definition) is 1. The molecule has 0 atom stereocenters. The van der Waals surface area contributed by atoms with Crippen LogP contribution in [-0.4, -0.2) is 24.8 Å². The molecule has 0 unspecified atom stereocenters. The first-order valence-corrected chi connectivity index (χ1v) is 10.1. The van der Waals surface area contributed by atoms with Gasteiger partial charge in [0.1, 0.15) is 12.4 Å². The molecule has 1 N–H and O–H groups in total. The molecule has 1 aromatic heterocycles. The molecule has 0 fully saturated rings. The second-order valence-corrected chi connectivity index (χ2v) is 7.68. The quantitative estimate of drug-likeness (QED) is 0.416. The van der Waals surface area contributed by atoms with Gasteiger partial charge in [-0.1, -0.05) is 48.5 Å². The fraction of sp³-hybridized carbons (Fsp3) is 0.217. The predicted octanol–water partition coefficient (Wildman–Crippen LogP) is 4.88. The van der Waals surface area contributed by atoms with Crippen molar-refractivity contribution >= 4 is 23.0 Å². The van der Waals surface area contributed by atoms with Crippen LogP contribution in [0.25, 0.3) is 11.1 Å². The van der Waals surface area contributed by atoms with Crippen molar-refractivity contribution in [2.45, 2.75) is 19.8 Å². The molecular formula is C23H23NO3S. The van der Waals surface area contributed by atoms with E-state index in [9.17, 15) is 9.59 Å². The second-order valence-electron chi connectivity index (χ2n) is 6.39. The summed E-state index contributed by atoms with van der Waals surface area (Å²) in [7, 11) is 0. The van der Waals surface area contributed by atoms with Crippen molar-refractivity contribution in [3.63, 3.8) is 0 Å². The Hall–Kier alpha value is -2.92. The van der Waals surface area contributed by atoms with E-state index in [0.717, 1.165) is 21.8 Å². The molecule has 1 amide bonds. The Morgan fingerprint density at radius 3 is 2.43 bits per heavy atom. The Morgan fingerprint density at radius 1 is 0.929 bits per heavy atom. The zero-order chi connectivity index (χ0) is 19.8. The normalized spacial score (nSPS) is 10.5. The fourth-order valence-corrected chi connectivity index (χ4v) is 3.66. The highest BCUT2D eigenvalue weighted by Crippen LogP contribution is 2.29. The molecule has 144 valence electrons. The second kappa shape index (κ2) is 9.85. The van der Waals surface area contributed by atoms with E-state index in [0.29, 0.717) is 18.0 Å². The predicted molar refractivity (Wildman–Crippen MR) is 113 cm³/mol. The monoisotopic (exact) mass is 393 g/mol. The van der Waals surface area contributed by atoms with Crippen molar-refractivity contribution in [3.05, 3.63) is 76.5 Å². The number of rotatable bonds is 9. The third-order valence-electron chi connectivity index (χ3n) is 4.25. The minimum atomic E-state index is -0.137. The summed E-state index contributed by atoms with van der Waals surface area (Å²) in [6.07, 6.45) is 0.417. The number of carbonyl (C=O) groups excluding carboxylic acids is 2. The Labute approximate surface area is 169 Å². The van der Waals surface area contributed by atoms with Crippen LogP contribution in [0.1, 0.15) is 27.4 Å². The van der Waals surface area contributed by atoms with E-state index in [1.807, 2.05) is 73.7 Å². The molecule has 0 saturated carbocycles. The van der Waals surface area contributed by atoms with Crippen LogP contribution in [0.4, 0.5) is 0 Å². The Kier molecular flexibility index (Phi) is 6.98. The van der Waals surface area contributed by atoms with Crippen LogP contribution in [0, 0.1) is 6.92 Å². The van der Waals surface area contributed by atoms with Gasteiger partial charge in [-0.05, 0) is 30.7 Å². The number of amides is 1. The summed E-state index contributed by atoms with van der Waals surface area (Å²) in [6, 6.07) is 21.6. The summed E-state index contributed by atoms with van der Waals surface area (Å²) in [5.74, 6) is 0.661. The number of Topliss-reactive ketones (excluding diaryl/α,β-unsaturated/α-hetero) is 1. The van der Waals surface area contributed by atoms with Crippen LogP contribution in [0.15, 0.2) is 66.7 Å². The fourth-order valence-electron chi connectivity index (χ4n) is 2.82. The standard InChI is InChI=1S/C23H23NO3S/c1-17-11-13-22(28-17)20(25)12-14-23(26)24-15-16-27-21-10-6-5-9-19(21)18-7-3-2-4-8-18/h2-11,13H,12,14-16H2,1H3,(H,24,26). The number of benzene rings is 2.